The molecule has 0 aromatic carbocycles. The van der Waals surface area contributed by atoms with Crippen LogP contribution in [0.5, 0.6) is 0 Å². The highest BCUT2D eigenvalue weighted by Crippen LogP contribution is 2.29. The van der Waals surface area contributed by atoms with Gasteiger partial charge in [-0.05, 0) is 39.8 Å². The lowest BCUT2D eigenvalue weighted by atomic mass is 10.00. The second-order valence-electron chi connectivity index (χ2n) is 6.18. The summed E-state index contributed by atoms with van der Waals surface area (Å²) in [5.74, 6) is 0.664. The number of hydrogen-bond acceptors (Lipinski definition) is 4. The van der Waals surface area contributed by atoms with Gasteiger partial charge in [0.05, 0.1) is 18.4 Å². The lowest BCUT2D eigenvalue weighted by molar-refractivity contribution is 0.367. The highest BCUT2D eigenvalue weighted by molar-refractivity contribution is 6.32. The van der Waals surface area contributed by atoms with Crippen molar-refractivity contribution < 1.29 is 0 Å². The van der Waals surface area contributed by atoms with Crippen LogP contribution in [0.3, 0.4) is 0 Å². The van der Waals surface area contributed by atoms with Gasteiger partial charge in [0.25, 0.3) is 5.56 Å². The second kappa shape index (κ2) is 7.27. The van der Waals surface area contributed by atoms with Crippen molar-refractivity contribution in [3.63, 3.8) is 0 Å². The minimum atomic E-state index is -0.220. The van der Waals surface area contributed by atoms with Gasteiger partial charge >= 0.3 is 0 Å². The van der Waals surface area contributed by atoms with Crippen LogP contribution >= 0.6 is 11.6 Å². The smallest absolute Gasteiger partial charge is 0.287 e. The van der Waals surface area contributed by atoms with E-state index in [9.17, 15) is 4.79 Å². The van der Waals surface area contributed by atoms with Crippen LogP contribution in [-0.4, -0.2) is 41.4 Å². The SMILES string of the molecule is CC(Nc1cnn(CCN(C)C)c(=O)c1Cl)C1CCCC1. The maximum Gasteiger partial charge on any atom is 0.287 e. The molecule has 0 aliphatic heterocycles. The number of halogens is 1. The molecule has 1 aromatic heterocycles. The topological polar surface area (TPSA) is 50.2 Å². The van der Waals surface area contributed by atoms with Crippen LogP contribution in [0.25, 0.3) is 0 Å². The van der Waals surface area contributed by atoms with E-state index >= 15 is 0 Å². The Kier molecular flexibility index (Phi) is 5.65. The van der Waals surface area contributed by atoms with Gasteiger partial charge in [0, 0.05) is 12.6 Å². The van der Waals surface area contributed by atoms with E-state index in [1.54, 1.807) is 6.20 Å². The first-order valence-corrected chi connectivity index (χ1v) is 8.03. The molecular weight excluding hydrogens is 288 g/mol. The van der Waals surface area contributed by atoms with Gasteiger partial charge in [0.2, 0.25) is 0 Å². The monoisotopic (exact) mass is 312 g/mol. The van der Waals surface area contributed by atoms with Crippen LogP contribution in [0.2, 0.25) is 5.02 Å². The summed E-state index contributed by atoms with van der Waals surface area (Å²) in [5, 5.41) is 7.83. The first-order valence-electron chi connectivity index (χ1n) is 7.66. The molecular formula is C15H25ClN4O. The predicted octanol–water partition coefficient (Wildman–Crippen LogP) is 2.45. The number of nitrogens with zero attached hydrogens (tertiary/aromatic N) is 3. The van der Waals surface area contributed by atoms with E-state index in [1.807, 2.05) is 19.0 Å². The van der Waals surface area contributed by atoms with E-state index in [1.165, 1.54) is 30.4 Å². The van der Waals surface area contributed by atoms with Crippen LogP contribution < -0.4 is 10.9 Å². The number of hydrogen-bond donors (Lipinski definition) is 1. The van der Waals surface area contributed by atoms with Crippen molar-refractivity contribution in [3.05, 3.63) is 21.6 Å². The molecule has 0 spiro atoms. The fourth-order valence-corrected chi connectivity index (χ4v) is 3.04. The van der Waals surface area contributed by atoms with E-state index in [0.717, 1.165) is 6.54 Å². The van der Waals surface area contributed by atoms with E-state index in [0.29, 0.717) is 24.2 Å². The third-order valence-corrected chi connectivity index (χ3v) is 4.60. The van der Waals surface area contributed by atoms with Crippen molar-refractivity contribution in [2.45, 2.75) is 45.2 Å². The average molecular weight is 313 g/mol. The predicted molar refractivity (Wildman–Crippen MR) is 87.1 cm³/mol. The molecule has 1 fully saturated rings. The summed E-state index contributed by atoms with van der Waals surface area (Å²) in [7, 11) is 3.93. The quantitative estimate of drug-likeness (QED) is 0.876. The summed E-state index contributed by atoms with van der Waals surface area (Å²) < 4.78 is 1.42. The number of anilines is 1. The van der Waals surface area contributed by atoms with E-state index in [-0.39, 0.29) is 10.6 Å². The molecule has 0 radical (unpaired) electrons. The van der Waals surface area contributed by atoms with Crippen molar-refractivity contribution in [3.8, 4) is 0 Å². The Morgan fingerprint density at radius 2 is 2.14 bits per heavy atom. The van der Waals surface area contributed by atoms with E-state index in [2.05, 4.69) is 17.3 Å². The molecule has 1 N–H and O–H groups in total. The molecule has 1 unspecified atom stereocenters. The fraction of sp³-hybridized carbons (Fsp3) is 0.733. The van der Waals surface area contributed by atoms with Crippen molar-refractivity contribution >= 4 is 17.3 Å². The first kappa shape index (κ1) is 16.3. The number of likely N-dealkylation sites (N-methyl/N-ethyl adjacent to an activating group) is 1. The lowest BCUT2D eigenvalue weighted by Gasteiger charge is -2.22. The number of rotatable bonds is 6. The van der Waals surface area contributed by atoms with E-state index in [4.69, 9.17) is 11.6 Å². The zero-order chi connectivity index (χ0) is 15.4. The van der Waals surface area contributed by atoms with Crippen molar-refractivity contribution in [1.29, 1.82) is 0 Å². The summed E-state index contributed by atoms with van der Waals surface area (Å²) in [6.45, 7) is 3.46. The number of aromatic nitrogens is 2. The van der Waals surface area contributed by atoms with Crippen LogP contribution in [-0.2, 0) is 6.54 Å². The van der Waals surface area contributed by atoms with Gasteiger partial charge in [-0.15, -0.1) is 0 Å². The molecule has 0 amide bonds. The Bertz CT molecular complexity index is 523. The lowest BCUT2D eigenvalue weighted by Crippen LogP contribution is -2.31. The molecule has 1 aromatic rings. The summed E-state index contributed by atoms with van der Waals surface area (Å²) in [4.78, 5) is 14.2. The fourth-order valence-electron chi connectivity index (χ4n) is 2.84. The summed E-state index contributed by atoms with van der Waals surface area (Å²) in [6, 6.07) is 0.323. The maximum absolute atomic E-state index is 12.2. The molecule has 1 atom stereocenters. The Morgan fingerprint density at radius 3 is 2.76 bits per heavy atom. The van der Waals surface area contributed by atoms with Gasteiger partial charge < -0.3 is 10.2 Å². The highest BCUT2D eigenvalue weighted by atomic mass is 35.5. The molecule has 0 bridgehead atoms. The molecule has 5 nitrogen and oxygen atoms in total. The first-order chi connectivity index (χ1) is 9.99. The minimum Gasteiger partial charge on any atom is -0.380 e. The Morgan fingerprint density at radius 1 is 1.48 bits per heavy atom. The molecule has 21 heavy (non-hydrogen) atoms. The van der Waals surface area contributed by atoms with Gasteiger partial charge in [-0.1, -0.05) is 24.4 Å². The Balaban J connectivity index is 2.07. The average Bonchev–Trinajstić information content (AvgIpc) is 2.97. The third kappa shape index (κ3) is 4.20. The standard InChI is InChI=1S/C15H25ClN4O/c1-11(12-6-4-5-7-12)18-13-10-17-20(9-8-19(2)3)15(21)14(13)16/h10-12,18H,4-9H2,1-3H3. The van der Waals surface area contributed by atoms with Gasteiger partial charge in [0.1, 0.15) is 5.02 Å². The zero-order valence-corrected chi connectivity index (χ0v) is 13.9. The molecule has 1 aliphatic carbocycles. The van der Waals surface area contributed by atoms with Gasteiger partial charge in [-0.2, -0.15) is 5.10 Å². The Labute approximate surface area is 131 Å². The summed E-state index contributed by atoms with van der Waals surface area (Å²) in [6.07, 6.45) is 6.77. The largest absolute Gasteiger partial charge is 0.380 e. The molecule has 1 heterocycles. The summed E-state index contributed by atoms with van der Waals surface area (Å²) in [5.41, 5.74) is 0.435. The van der Waals surface area contributed by atoms with Gasteiger partial charge in [-0.25, -0.2) is 4.68 Å². The molecule has 1 aliphatic rings. The van der Waals surface area contributed by atoms with Crippen LogP contribution in [0.15, 0.2) is 11.0 Å². The maximum atomic E-state index is 12.2. The molecule has 6 heteroatoms. The minimum absolute atomic E-state index is 0.220. The van der Waals surface area contributed by atoms with Crippen molar-refractivity contribution in [2.24, 2.45) is 5.92 Å². The molecule has 2 rings (SSSR count). The van der Waals surface area contributed by atoms with Crippen LogP contribution in [0.4, 0.5) is 5.69 Å². The molecule has 1 saturated carbocycles. The zero-order valence-electron chi connectivity index (χ0n) is 13.1. The Hall–Kier alpha value is -1.07. The van der Waals surface area contributed by atoms with Crippen molar-refractivity contribution in [2.75, 3.05) is 26.0 Å². The molecule has 118 valence electrons. The number of nitrogens with one attached hydrogen (secondary N) is 1. The van der Waals surface area contributed by atoms with Gasteiger partial charge in [0.15, 0.2) is 0 Å². The van der Waals surface area contributed by atoms with E-state index < -0.39 is 0 Å². The van der Waals surface area contributed by atoms with Crippen molar-refractivity contribution in [1.82, 2.24) is 14.7 Å². The van der Waals surface area contributed by atoms with Crippen LogP contribution in [0, 0.1) is 5.92 Å². The molecule has 0 saturated heterocycles. The van der Waals surface area contributed by atoms with Crippen LogP contribution in [0.1, 0.15) is 32.6 Å². The highest BCUT2D eigenvalue weighted by Gasteiger charge is 2.22. The second-order valence-corrected chi connectivity index (χ2v) is 6.56. The van der Waals surface area contributed by atoms with Gasteiger partial charge in [-0.3, -0.25) is 4.79 Å². The normalized spacial score (nSPS) is 17.4. The third-order valence-electron chi connectivity index (χ3n) is 4.23. The summed E-state index contributed by atoms with van der Waals surface area (Å²) >= 11 is 6.22.